The number of carbonyl (C=O) groups excluding carboxylic acids is 1. The minimum atomic E-state index is -0.590. The SMILES string of the molecule is CC(=Nc1ccc(C)c(C)c1)C1=C(O)C(C)OC1=O. The van der Waals surface area contributed by atoms with Gasteiger partial charge in [-0.05, 0) is 51.0 Å². The smallest absolute Gasteiger partial charge is 0.344 e. The third kappa shape index (κ3) is 2.52. The molecule has 19 heavy (non-hydrogen) atoms. The number of aliphatic imine (C=N–C) groups is 1. The van der Waals surface area contributed by atoms with Crippen LogP contribution >= 0.6 is 0 Å². The molecule has 0 radical (unpaired) electrons. The highest BCUT2D eigenvalue weighted by atomic mass is 16.6. The number of rotatable bonds is 2. The van der Waals surface area contributed by atoms with Crippen molar-refractivity contribution in [3.8, 4) is 0 Å². The van der Waals surface area contributed by atoms with Crippen molar-refractivity contribution in [2.24, 2.45) is 4.99 Å². The third-order valence-electron chi connectivity index (χ3n) is 3.28. The molecule has 1 aliphatic rings. The molecule has 0 aliphatic carbocycles. The number of nitrogens with zero attached hydrogens (tertiary/aromatic N) is 1. The Bertz CT molecular complexity index is 599. The lowest BCUT2D eigenvalue weighted by molar-refractivity contribution is -0.139. The Morgan fingerprint density at radius 1 is 1.32 bits per heavy atom. The molecule has 0 saturated heterocycles. The van der Waals surface area contributed by atoms with Gasteiger partial charge in [0.25, 0.3) is 0 Å². The normalized spacial score (nSPS) is 19.9. The van der Waals surface area contributed by atoms with Gasteiger partial charge >= 0.3 is 5.97 Å². The Kier molecular flexibility index (Phi) is 3.42. The summed E-state index contributed by atoms with van der Waals surface area (Å²) in [7, 11) is 0. The first-order valence-electron chi connectivity index (χ1n) is 6.17. The van der Waals surface area contributed by atoms with Crippen LogP contribution in [-0.4, -0.2) is 22.9 Å². The minimum Gasteiger partial charge on any atom is -0.507 e. The molecule has 1 N–H and O–H groups in total. The van der Waals surface area contributed by atoms with Crippen LogP contribution in [-0.2, 0) is 9.53 Å². The average molecular weight is 259 g/mol. The Balaban J connectivity index is 2.38. The van der Waals surface area contributed by atoms with Crippen LogP contribution in [0.1, 0.15) is 25.0 Å². The molecule has 0 saturated carbocycles. The highest BCUT2D eigenvalue weighted by Crippen LogP contribution is 2.24. The number of aryl methyl sites for hydroxylation is 2. The molecule has 1 aliphatic heterocycles. The van der Waals surface area contributed by atoms with Gasteiger partial charge in [-0.3, -0.25) is 4.99 Å². The average Bonchev–Trinajstić information content (AvgIpc) is 2.58. The molecule has 0 amide bonds. The zero-order chi connectivity index (χ0) is 14.2. The van der Waals surface area contributed by atoms with E-state index in [0.29, 0.717) is 5.71 Å². The molecule has 2 rings (SSSR count). The molecule has 1 unspecified atom stereocenters. The van der Waals surface area contributed by atoms with Crippen LogP contribution in [0.25, 0.3) is 0 Å². The summed E-state index contributed by atoms with van der Waals surface area (Å²) < 4.78 is 4.94. The van der Waals surface area contributed by atoms with E-state index in [4.69, 9.17) is 4.74 Å². The van der Waals surface area contributed by atoms with E-state index < -0.39 is 12.1 Å². The van der Waals surface area contributed by atoms with Gasteiger partial charge in [0.15, 0.2) is 6.10 Å². The summed E-state index contributed by atoms with van der Waals surface area (Å²) >= 11 is 0. The van der Waals surface area contributed by atoms with E-state index in [1.807, 2.05) is 32.0 Å². The zero-order valence-corrected chi connectivity index (χ0v) is 11.5. The number of ether oxygens (including phenoxy) is 1. The summed E-state index contributed by atoms with van der Waals surface area (Å²) in [5.74, 6) is -0.565. The van der Waals surface area contributed by atoms with E-state index in [1.165, 1.54) is 5.56 Å². The number of hydrogen-bond donors (Lipinski definition) is 1. The van der Waals surface area contributed by atoms with Crippen molar-refractivity contribution in [3.63, 3.8) is 0 Å². The molecule has 100 valence electrons. The van der Waals surface area contributed by atoms with E-state index in [2.05, 4.69) is 4.99 Å². The fourth-order valence-corrected chi connectivity index (χ4v) is 1.96. The highest BCUT2D eigenvalue weighted by Gasteiger charge is 2.32. The second-order valence-corrected chi connectivity index (χ2v) is 4.77. The standard InChI is InChI=1S/C15H17NO3/c1-8-5-6-12(7-9(8)2)16-10(3)13-14(17)11(4)19-15(13)18/h5-7,11,17H,1-4H3. The maximum atomic E-state index is 11.6. The van der Waals surface area contributed by atoms with Crippen LogP contribution in [0.4, 0.5) is 5.69 Å². The molecule has 1 heterocycles. The summed E-state index contributed by atoms with van der Waals surface area (Å²) in [6.07, 6.45) is -0.590. The number of aliphatic hydroxyl groups is 1. The predicted octanol–water partition coefficient (Wildman–Crippen LogP) is 3.15. The van der Waals surface area contributed by atoms with Gasteiger partial charge in [-0.15, -0.1) is 0 Å². The quantitative estimate of drug-likeness (QED) is 0.655. The van der Waals surface area contributed by atoms with Crippen LogP contribution in [0.5, 0.6) is 0 Å². The lowest BCUT2D eigenvalue weighted by Crippen LogP contribution is -2.08. The molecule has 0 fully saturated rings. The maximum absolute atomic E-state index is 11.6. The van der Waals surface area contributed by atoms with Gasteiger partial charge in [0.05, 0.1) is 11.4 Å². The summed E-state index contributed by atoms with van der Waals surface area (Å²) in [4.78, 5) is 16.0. The van der Waals surface area contributed by atoms with Crippen molar-refractivity contribution in [3.05, 3.63) is 40.7 Å². The van der Waals surface area contributed by atoms with E-state index in [9.17, 15) is 9.90 Å². The summed E-state index contributed by atoms with van der Waals surface area (Å²) in [6.45, 7) is 7.36. The van der Waals surface area contributed by atoms with Crippen LogP contribution < -0.4 is 0 Å². The molecule has 1 aromatic carbocycles. The molecule has 0 aromatic heterocycles. The first-order chi connectivity index (χ1) is 8.90. The van der Waals surface area contributed by atoms with E-state index >= 15 is 0 Å². The predicted molar refractivity (Wildman–Crippen MR) is 73.9 cm³/mol. The van der Waals surface area contributed by atoms with Crippen molar-refractivity contribution in [2.45, 2.75) is 33.8 Å². The molecule has 1 aromatic rings. The van der Waals surface area contributed by atoms with Gasteiger partial charge in [-0.1, -0.05) is 6.07 Å². The van der Waals surface area contributed by atoms with Crippen molar-refractivity contribution >= 4 is 17.4 Å². The van der Waals surface area contributed by atoms with E-state index in [1.54, 1.807) is 13.8 Å². The largest absolute Gasteiger partial charge is 0.507 e. The van der Waals surface area contributed by atoms with Crippen LogP contribution in [0, 0.1) is 13.8 Å². The lowest BCUT2D eigenvalue weighted by atomic mass is 10.1. The fraction of sp³-hybridized carbons (Fsp3) is 0.333. The molecule has 0 spiro atoms. The summed E-state index contributed by atoms with van der Waals surface area (Å²) in [6, 6.07) is 5.80. The lowest BCUT2D eigenvalue weighted by Gasteiger charge is -2.03. The van der Waals surface area contributed by atoms with Crippen LogP contribution in [0.2, 0.25) is 0 Å². The summed E-state index contributed by atoms with van der Waals surface area (Å²) in [5, 5.41) is 9.83. The topological polar surface area (TPSA) is 58.9 Å². The van der Waals surface area contributed by atoms with Gasteiger partial charge in [0.2, 0.25) is 0 Å². The second-order valence-electron chi connectivity index (χ2n) is 4.77. The number of esters is 1. The van der Waals surface area contributed by atoms with Gasteiger partial charge in [0, 0.05) is 0 Å². The summed E-state index contributed by atoms with van der Waals surface area (Å²) in [5.41, 5.74) is 3.72. The number of aliphatic hydroxyl groups excluding tert-OH is 1. The van der Waals surface area contributed by atoms with Crippen molar-refractivity contribution in [2.75, 3.05) is 0 Å². The molecule has 4 nitrogen and oxygen atoms in total. The number of carbonyl (C=O) groups is 1. The zero-order valence-electron chi connectivity index (χ0n) is 11.5. The minimum absolute atomic E-state index is 0.0462. The van der Waals surface area contributed by atoms with Gasteiger partial charge in [-0.2, -0.15) is 0 Å². The maximum Gasteiger partial charge on any atom is 0.344 e. The van der Waals surface area contributed by atoms with Crippen LogP contribution in [0.15, 0.2) is 34.5 Å². The van der Waals surface area contributed by atoms with E-state index in [0.717, 1.165) is 11.3 Å². The van der Waals surface area contributed by atoms with Gasteiger partial charge in [-0.25, -0.2) is 4.79 Å². The van der Waals surface area contributed by atoms with Crippen molar-refractivity contribution in [1.82, 2.24) is 0 Å². The Morgan fingerprint density at radius 3 is 2.53 bits per heavy atom. The monoisotopic (exact) mass is 259 g/mol. The molecule has 4 heteroatoms. The molecular formula is C15H17NO3. The highest BCUT2D eigenvalue weighted by molar-refractivity contribution is 6.21. The number of cyclic esters (lactones) is 1. The van der Waals surface area contributed by atoms with Crippen molar-refractivity contribution in [1.29, 1.82) is 0 Å². The molecule has 1 atom stereocenters. The van der Waals surface area contributed by atoms with Crippen molar-refractivity contribution < 1.29 is 14.6 Å². The Morgan fingerprint density at radius 2 is 2.00 bits per heavy atom. The molecular weight excluding hydrogens is 242 g/mol. The van der Waals surface area contributed by atoms with Gasteiger partial charge < -0.3 is 9.84 Å². The van der Waals surface area contributed by atoms with E-state index in [-0.39, 0.29) is 11.3 Å². The van der Waals surface area contributed by atoms with Gasteiger partial charge in [0.1, 0.15) is 11.3 Å². The Hall–Kier alpha value is -2.10. The number of hydrogen-bond acceptors (Lipinski definition) is 4. The van der Waals surface area contributed by atoms with Crippen LogP contribution in [0.3, 0.4) is 0 Å². The Labute approximate surface area is 112 Å². The fourth-order valence-electron chi connectivity index (χ4n) is 1.96. The first-order valence-corrected chi connectivity index (χ1v) is 6.17. The second kappa shape index (κ2) is 4.88. The number of benzene rings is 1. The molecule has 0 bridgehead atoms. The third-order valence-corrected chi connectivity index (χ3v) is 3.28. The first kappa shape index (κ1) is 13.3.